The maximum Gasteiger partial charge on any atom is 0.418 e. The van der Waals surface area contributed by atoms with Gasteiger partial charge in [-0.2, -0.15) is 13.2 Å². The number of rotatable bonds is 5. The lowest BCUT2D eigenvalue weighted by Gasteiger charge is -2.23. The van der Waals surface area contributed by atoms with Crippen LogP contribution in [0.15, 0.2) is 29.1 Å². The number of likely N-dealkylation sites (tertiary alicyclic amines) is 1. The minimum atomic E-state index is -4.61. The van der Waals surface area contributed by atoms with Crippen LogP contribution in [0.1, 0.15) is 47.6 Å². The Hall–Kier alpha value is -2.72. The number of fused-ring (bicyclic) bond motifs is 1. The van der Waals surface area contributed by atoms with Crippen molar-refractivity contribution < 1.29 is 18.0 Å². The summed E-state index contributed by atoms with van der Waals surface area (Å²) in [6, 6.07) is 3.75. The van der Waals surface area contributed by atoms with E-state index in [2.05, 4.69) is 10.2 Å². The van der Waals surface area contributed by atoms with Gasteiger partial charge in [0.15, 0.2) is 0 Å². The number of carbonyl (C=O) groups excluding carboxylic acids is 1. The highest BCUT2D eigenvalue weighted by molar-refractivity contribution is 7.18. The Morgan fingerprint density at radius 2 is 1.88 bits per heavy atom. The minimum Gasteiger partial charge on any atom is -0.324 e. The van der Waals surface area contributed by atoms with E-state index in [-0.39, 0.29) is 11.2 Å². The molecule has 1 fully saturated rings. The molecule has 0 spiro atoms. The van der Waals surface area contributed by atoms with Gasteiger partial charge in [-0.25, -0.2) is 4.98 Å². The quantitative estimate of drug-likeness (QED) is 0.567. The van der Waals surface area contributed by atoms with Crippen molar-refractivity contribution in [3.8, 4) is 0 Å². The molecule has 0 aliphatic carbocycles. The van der Waals surface area contributed by atoms with Crippen LogP contribution in [0.2, 0.25) is 0 Å². The van der Waals surface area contributed by atoms with Gasteiger partial charge in [-0.1, -0.05) is 12.1 Å². The number of hydrogen-bond acceptors (Lipinski definition) is 5. The maximum atomic E-state index is 13.5. The summed E-state index contributed by atoms with van der Waals surface area (Å²) in [6.07, 6.45) is -2.52. The third-order valence-electron chi connectivity index (χ3n) is 6.13. The standard InChI is InChI=1S/C23H25F3N4O2S/c1-13-15(3)33-21-19(13)22(32)30(18(28-21)12-29-10-6-7-11-29)14(2)20(31)27-17-9-5-4-8-16(17)23(24,25)26/h4-5,8-9,14H,6-7,10-12H2,1-3H3,(H,27,31). The van der Waals surface area contributed by atoms with Gasteiger partial charge >= 0.3 is 6.18 Å². The molecule has 1 atom stereocenters. The molecule has 10 heteroatoms. The normalized spacial score (nSPS) is 15.8. The molecule has 0 radical (unpaired) electrons. The highest BCUT2D eigenvalue weighted by Gasteiger charge is 2.34. The Morgan fingerprint density at radius 1 is 1.21 bits per heavy atom. The summed E-state index contributed by atoms with van der Waals surface area (Å²) in [6.45, 7) is 7.41. The first-order valence-corrected chi connectivity index (χ1v) is 11.6. The Balaban J connectivity index is 1.76. The molecule has 33 heavy (non-hydrogen) atoms. The summed E-state index contributed by atoms with van der Waals surface area (Å²) in [5.41, 5.74) is -0.813. The number of nitrogens with zero attached hydrogens (tertiary/aromatic N) is 3. The first kappa shape index (κ1) is 23.4. The molecular formula is C23H25F3N4O2S. The number of alkyl halides is 3. The van der Waals surface area contributed by atoms with E-state index >= 15 is 0 Å². The summed E-state index contributed by atoms with van der Waals surface area (Å²) in [5, 5.41) is 2.83. The lowest BCUT2D eigenvalue weighted by Crippen LogP contribution is -2.36. The fourth-order valence-corrected chi connectivity index (χ4v) is 5.23. The fourth-order valence-electron chi connectivity index (χ4n) is 4.19. The Labute approximate surface area is 193 Å². The summed E-state index contributed by atoms with van der Waals surface area (Å²) in [7, 11) is 0. The van der Waals surface area contributed by atoms with Crippen molar-refractivity contribution in [3.63, 3.8) is 0 Å². The molecule has 0 saturated carbocycles. The SMILES string of the molecule is Cc1sc2nc(CN3CCCC3)n(C(C)C(=O)Nc3ccccc3C(F)(F)F)c(=O)c2c1C. The number of nitrogens with one attached hydrogen (secondary N) is 1. The van der Waals surface area contributed by atoms with Crippen LogP contribution in [0.25, 0.3) is 10.2 Å². The average Bonchev–Trinajstić information content (AvgIpc) is 3.35. The van der Waals surface area contributed by atoms with Crippen molar-refractivity contribution in [1.82, 2.24) is 14.5 Å². The fraction of sp³-hybridized carbons (Fsp3) is 0.435. The lowest BCUT2D eigenvalue weighted by molar-refractivity contribution is -0.137. The monoisotopic (exact) mass is 478 g/mol. The van der Waals surface area contributed by atoms with Crippen molar-refractivity contribution in [3.05, 3.63) is 56.4 Å². The highest BCUT2D eigenvalue weighted by atomic mass is 32.1. The number of hydrogen-bond donors (Lipinski definition) is 1. The van der Waals surface area contributed by atoms with E-state index in [1.165, 1.54) is 41.0 Å². The van der Waals surface area contributed by atoms with Crippen molar-refractivity contribution in [1.29, 1.82) is 0 Å². The minimum absolute atomic E-state index is 0.340. The maximum absolute atomic E-state index is 13.5. The Morgan fingerprint density at radius 3 is 2.55 bits per heavy atom. The van der Waals surface area contributed by atoms with E-state index in [0.29, 0.717) is 22.6 Å². The number of aryl methyl sites for hydroxylation is 2. The number of carbonyl (C=O) groups is 1. The largest absolute Gasteiger partial charge is 0.418 e. The molecule has 2 aromatic heterocycles. The number of thiophene rings is 1. The molecule has 1 aliphatic heterocycles. The van der Waals surface area contributed by atoms with Crippen LogP contribution in [-0.2, 0) is 17.5 Å². The second-order valence-electron chi connectivity index (χ2n) is 8.36. The zero-order chi connectivity index (χ0) is 23.9. The van der Waals surface area contributed by atoms with Gasteiger partial charge in [0.2, 0.25) is 5.91 Å². The van der Waals surface area contributed by atoms with E-state index in [1.54, 1.807) is 0 Å². The summed E-state index contributed by atoms with van der Waals surface area (Å²) >= 11 is 1.43. The van der Waals surface area contributed by atoms with E-state index in [4.69, 9.17) is 4.98 Å². The summed E-state index contributed by atoms with van der Waals surface area (Å²) < 4.78 is 41.5. The molecule has 6 nitrogen and oxygen atoms in total. The number of anilines is 1. The molecule has 3 heterocycles. The molecule has 1 amide bonds. The van der Waals surface area contributed by atoms with Crippen molar-refractivity contribution in [2.24, 2.45) is 0 Å². The van der Waals surface area contributed by atoms with Gasteiger partial charge in [-0.15, -0.1) is 11.3 Å². The molecule has 176 valence electrons. The van der Waals surface area contributed by atoms with Gasteiger partial charge in [-0.3, -0.25) is 19.1 Å². The van der Waals surface area contributed by atoms with Crippen LogP contribution in [0.3, 0.4) is 0 Å². The molecule has 1 aliphatic rings. The van der Waals surface area contributed by atoms with Gasteiger partial charge < -0.3 is 5.32 Å². The van der Waals surface area contributed by atoms with Crippen LogP contribution >= 0.6 is 11.3 Å². The van der Waals surface area contributed by atoms with Crippen LogP contribution in [-0.4, -0.2) is 33.4 Å². The third-order valence-corrected chi connectivity index (χ3v) is 7.23. The van der Waals surface area contributed by atoms with Crippen LogP contribution in [0.4, 0.5) is 18.9 Å². The topological polar surface area (TPSA) is 67.2 Å². The molecule has 4 rings (SSSR count). The number of halogens is 3. The van der Waals surface area contributed by atoms with Gasteiger partial charge in [0, 0.05) is 4.88 Å². The number of benzene rings is 1. The van der Waals surface area contributed by atoms with E-state index < -0.39 is 23.7 Å². The number of amides is 1. The third kappa shape index (κ3) is 4.54. The molecule has 1 saturated heterocycles. The van der Waals surface area contributed by atoms with Crippen molar-refractivity contribution in [2.45, 2.75) is 52.4 Å². The Bertz CT molecular complexity index is 1260. The van der Waals surface area contributed by atoms with Gasteiger partial charge in [0.1, 0.15) is 16.7 Å². The predicted molar refractivity (Wildman–Crippen MR) is 123 cm³/mol. The highest BCUT2D eigenvalue weighted by Crippen LogP contribution is 2.35. The zero-order valence-corrected chi connectivity index (χ0v) is 19.4. The second-order valence-corrected chi connectivity index (χ2v) is 9.56. The van der Waals surface area contributed by atoms with E-state index in [0.717, 1.165) is 42.4 Å². The van der Waals surface area contributed by atoms with Crippen LogP contribution < -0.4 is 10.9 Å². The predicted octanol–water partition coefficient (Wildman–Crippen LogP) is 4.89. The first-order valence-electron chi connectivity index (χ1n) is 10.8. The molecule has 0 bridgehead atoms. The number of aromatic nitrogens is 2. The molecule has 1 N–H and O–H groups in total. The van der Waals surface area contributed by atoms with Gasteiger partial charge in [0.25, 0.3) is 5.56 Å². The summed E-state index contributed by atoms with van der Waals surface area (Å²) in [5.74, 6) is -0.260. The van der Waals surface area contributed by atoms with E-state index in [1.807, 2.05) is 13.8 Å². The Kier molecular flexibility index (Phi) is 6.32. The average molecular weight is 479 g/mol. The molecule has 1 unspecified atom stereocenters. The second kappa shape index (κ2) is 8.90. The molecule has 1 aromatic carbocycles. The molecular weight excluding hydrogens is 453 g/mol. The smallest absolute Gasteiger partial charge is 0.324 e. The van der Waals surface area contributed by atoms with Gasteiger partial charge in [0.05, 0.1) is 23.2 Å². The number of para-hydroxylation sites is 1. The van der Waals surface area contributed by atoms with Crippen molar-refractivity contribution in [2.75, 3.05) is 18.4 Å². The summed E-state index contributed by atoms with van der Waals surface area (Å²) in [4.78, 5) is 35.1. The van der Waals surface area contributed by atoms with Crippen LogP contribution in [0, 0.1) is 13.8 Å². The first-order chi connectivity index (χ1) is 15.6. The molecule has 3 aromatic rings. The lowest BCUT2D eigenvalue weighted by atomic mass is 10.1. The van der Waals surface area contributed by atoms with Gasteiger partial charge in [-0.05, 0) is 64.4 Å². The van der Waals surface area contributed by atoms with E-state index in [9.17, 15) is 22.8 Å². The zero-order valence-electron chi connectivity index (χ0n) is 18.6. The van der Waals surface area contributed by atoms with Crippen LogP contribution in [0.5, 0.6) is 0 Å². The van der Waals surface area contributed by atoms with Crippen molar-refractivity contribution >= 4 is 33.1 Å².